The van der Waals surface area contributed by atoms with E-state index in [1.807, 2.05) is 6.92 Å². The Labute approximate surface area is 445 Å². The first kappa shape index (κ1) is 66.9. The van der Waals surface area contributed by atoms with Crippen LogP contribution in [0.15, 0.2) is 24.3 Å². The number of hydrogen-bond acceptors (Lipinski definition) is 16. The zero-order chi connectivity index (χ0) is 58.1. The molecule has 0 heterocycles. The predicted octanol–water partition coefficient (Wildman–Crippen LogP) is -2.75. The molecule has 15 N–H and O–H groups in total. The second-order valence-corrected chi connectivity index (χ2v) is 19.1. The average molecular weight is 1100 g/mol. The van der Waals surface area contributed by atoms with Crippen LogP contribution in [0.5, 0.6) is 5.75 Å². The van der Waals surface area contributed by atoms with Crippen molar-refractivity contribution in [1.82, 2.24) is 47.4 Å². The van der Waals surface area contributed by atoms with Crippen molar-refractivity contribution < 1.29 is 83.1 Å². The molecule has 0 spiro atoms. The van der Waals surface area contributed by atoms with Gasteiger partial charge in [0, 0.05) is 25.6 Å². The molecule has 0 aromatic heterocycles. The van der Waals surface area contributed by atoms with Crippen LogP contribution in [0.1, 0.15) is 99.0 Å². The first-order valence-electron chi connectivity index (χ1n) is 24.6. The smallest absolute Gasteiger partial charge is 0.326 e. The molecule has 1 rings (SSSR count). The van der Waals surface area contributed by atoms with Gasteiger partial charge in [0.1, 0.15) is 60.1 Å². The number of benzene rings is 1. The van der Waals surface area contributed by atoms with Crippen molar-refractivity contribution in [2.24, 2.45) is 17.6 Å². The molecule has 10 atom stereocenters. The van der Waals surface area contributed by atoms with E-state index in [-0.39, 0.29) is 37.2 Å². The number of nitrogens with two attached hydrogens (primary N) is 1. The summed E-state index contributed by atoms with van der Waals surface area (Å²) in [4.78, 5) is 157. The van der Waals surface area contributed by atoms with Crippen molar-refractivity contribution >= 4 is 83.7 Å². The van der Waals surface area contributed by atoms with Gasteiger partial charge in [-0.1, -0.05) is 66.5 Å². The maximum Gasteiger partial charge on any atom is 0.326 e. The number of phenolic OH excluding ortho intramolecular Hbond substituents is 1. The summed E-state index contributed by atoms with van der Waals surface area (Å²) in [5.41, 5.74) is 6.18. The van der Waals surface area contributed by atoms with Crippen LogP contribution in [0.4, 0.5) is 0 Å². The summed E-state index contributed by atoms with van der Waals surface area (Å²) in [6.07, 6.45) is -0.917. The lowest BCUT2D eigenvalue weighted by molar-refractivity contribution is -0.143. The lowest BCUT2D eigenvalue weighted by atomic mass is 9.98. The van der Waals surface area contributed by atoms with Crippen molar-refractivity contribution in [2.75, 3.05) is 19.4 Å². The molecule has 9 amide bonds. The Hall–Kier alpha value is -7.07. The quantitative estimate of drug-likeness (QED) is 0.0311. The molecule has 0 aliphatic rings. The number of aliphatic hydroxyl groups is 1. The van der Waals surface area contributed by atoms with Crippen molar-refractivity contribution in [1.29, 1.82) is 0 Å². The Morgan fingerprint density at radius 2 is 1.04 bits per heavy atom. The molecule has 0 aliphatic carbocycles. The fourth-order valence-electron chi connectivity index (χ4n) is 7.10. The number of likely N-dealkylation sites (N-methyl/N-ethyl adjacent to an activating group) is 1. The minimum Gasteiger partial charge on any atom is -0.508 e. The van der Waals surface area contributed by atoms with E-state index in [0.717, 1.165) is 4.90 Å². The number of aromatic hydroxyl groups is 1. The van der Waals surface area contributed by atoms with E-state index in [4.69, 9.17) is 10.8 Å². The maximum atomic E-state index is 13.8. The van der Waals surface area contributed by atoms with Gasteiger partial charge in [-0.3, -0.25) is 52.7 Å². The predicted molar refractivity (Wildman–Crippen MR) is 275 cm³/mol. The molecule has 0 bridgehead atoms. The standard InChI is InChI=1S/C48H76N10O17S/c1-9-11-12-30(42(68)54-33(21-59)44(70)53-32(48(74)75)19-26-13-15-27(60)16-14-26)51-39(65)25(7)58(8)47(73)34(22-76)55-41(67)29(10-2)50-45(71)37(23(3)4)57-46(72)38(24(5)6)56-43(69)31(20-36(63)64)52-40(66)28(49)17-18-35(61)62/h13-16,23-25,28-34,37-38,59-60,76H,9-12,17-22,49H2,1-8H3,(H,50,71)(H,51,65)(H,52,66)(H,53,70)(H,54,68)(H,55,67)(H,56,69)(H,57,72)(H,61,62)(H,63,64)(H,74,75)/t25-,28-,29-,30-,31-,32-,33-,34-,37-,38-/m0/s1. The Bertz CT molecular complexity index is 2200. The Kier molecular flexibility index (Phi) is 29.1. The molecule has 0 aliphatic heterocycles. The molecule has 1 aromatic carbocycles. The third kappa shape index (κ3) is 22.4. The zero-order valence-corrected chi connectivity index (χ0v) is 44.8. The largest absolute Gasteiger partial charge is 0.508 e. The number of aliphatic hydroxyl groups excluding tert-OH is 1. The molecule has 1 aromatic rings. The fourth-order valence-corrected chi connectivity index (χ4v) is 7.35. The monoisotopic (exact) mass is 1100 g/mol. The van der Waals surface area contributed by atoms with Crippen molar-refractivity contribution in [2.45, 2.75) is 160 Å². The topological polar surface area (TPSA) is 431 Å². The summed E-state index contributed by atoms with van der Waals surface area (Å²) in [6.45, 7) is 9.99. The number of hydrogen-bond donors (Lipinski definition) is 15. The van der Waals surface area contributed by atoms with Gasteiger partial charge in [0.05, 0.1) is 19.1 Å². The number of phenols is 1. The number of carbonyl (C=O) groups is 12. The SMILES string of the molecule is CCCC[C@H](NC(=O)[C@H](C)N(C)C(=O)[C@H](CS)NC(=O)[C@H](CC)NC(=O)[C@@H](NC(=O)[C@@H](NC(=O)[C@H](CC(=O)O)NC(=O)[C@@H](N)CCC(=O)O)C(C)C)C(C)C)C(=O)N[C@@H](CO)C(=O)N[C@@H](Cc1ccc(O)cc1)C(=O)O. The van der Waals surface area contributed by atoms with E-state index in [1.165, 1.54) is 52.1 Å². The summed E-state index contributed by atoms with van der Waals surface area (Å²) in [6, 6.07) is -8.66. The summed E-state index contributed by atoms with van der Waals surface area (Å²) in [7, 11) is 1.25. The second kappa shape index (κ2) is 33.1. The van der Waals surface area contributed by atoms with Gasteiger partial charge >= 0.3 is 17.9 Å². The van der Waals surface area contributed by atoms with Crippen molar-refractivity contribution in [3.8, 4) is 5.75 Å². The van der Waals surface area contributed by atoms with Crippen LogP contribution in [0.25, 0.3) is 0 Å². The van der Waals surface area contributed by atoms with Crippen LogP contribution >= 0.6 is 12.6 Å². The Balaban J connectivity index is 3.12. The van der Waals surface area contributed by atoms with Crippen molar-refractivity contribution in [3.63, 3.8) is 0 Å². The molecule has 0 saturated heterocycles. The molecule has 426 valence electrons. The third-order valence-electron chi connectivity index (χ3n) is 11.9. The van der Waals surface area contributed by atoms with Crippen LogP contribution in [0.2, 0.25) is 0 Å². The highest BCUT2D eigenvalue weighted by Gasteiger charge is 2.37. The van der Waals surface area contributed by atoms with E-state index in [2.05, 4.69) is 55.2 Å². The highest BCUT2D eigenvalue weighted by Crippen LogP contribution is 2.13. The number of nitrogens with zero attached hydrogens (tertiary/aromatic N) is 1. The fraction of sp³-hybridized carbons (Fsp3) is 0.625. The van der Waals surface area contributed by atoms with Crippen molar-refractivity contribution in [3.05, 3.63) is 29.8 Å². The van der Waals surface area contributed by atoms with E-state index in [1.54, 1.807) is 20.8 Å². The number of amides is 9. The summed E-state index contributed by atoms with van der Waals surface area (Å²) in [5.74, 6) is -14.1. The van der Waals surface area contributed by atoms with Crippen LogP contribution in [-0.2, 0) is 64.0 Å². The number of unbranched alkanes of at least 4 members (excludes halogenated alkanes) is 1. The van der Waals surface area contributed by atoms with Crippen LogP contribution < -0.4 is 48.3 Å². The Morgan fingerprint density at radius 3 is 1.53 bits per heavy atom. The lowest BCUT2D eigenvalue weighted by Crippen LogP contribution is -2.62. The third-order valence-corrected chi connectivity index (χ3v) is 12.3. The number of carbonyl (C=O) groups excluding carboxylic acids is 9. The van der Waals surface area contributed by atoms with E-state index in [0.29, 0.717) is 18.4 Å². The number of thiol groups is 1. The van der Waals surface area contributed by atoms with E-state index in [9.17, 15) is 78.0 Å². The van der Waals surface area contributed by atoms with Gasteiger partial charge < -0.3 is 78.7 Å². The molecular formula is C48H76N10O17S. The van der Waals surface area contributed by atoms with Gasteiger partial charge in [0.2, 0.25) is 53.2 Å². The summed E-state index contributed by atoms with van der Waals surface area (Å²) in [5, 5.41) is 67.0. The first-order valence-corrected chi connectivity index (χ1v) is 25.3. The number of nitrogens with one attached hydrogen (secondary N) is 8. The zero-order valence-electron chi connectivity index (χ0n) is 43.9. The van der Waals surface area contributed by atoms with Gasteiger partial charge in [-0.2, -0.15) is 12.6 Å². The summed E-state index contributed by atoms with van der Waals surface area (Å²) < 4.78 is 0. The minimum atomic E-state index is -1.74. The number of rotatable bonds is 34. The normalized spacial score (nSPS) is 15.1. The minimum absolute atomic E-state index is 0.0280. The molecule has 27 nitrogen and oxygen atoms in total. The van der Waals surface area contributed by atoms with Gasteiger partial charge in [0.25, 0.3) is 0 Å². The first-order chi connectivity index (χ1) is 35.5. The lowest BCUT2D eigenvalue weighted by Gasteiger charge is -2.31. The van der Waals surface area contributed by atoms with E-state index < -0.39 is 163 Å². The van der Waals surface area contributed by atoms with Gasteiger partial charge in [-0.05, 0) is 55.7 Å². The molecule has 28 heteroatoms. The number of carboxylic acid groups (broad SMARTS) is 3. The highest BCUT2D eigenvalue weighted by molar-refractivity contribution is 7.80. The number of aliphatic carboxylic acids is 3. The average Bonchev–Trinajstić information content (AvgIpc) is 3.36. The highest BCUT2D eigenvalue weighted by atomic mass is 32.1. The van der Waals surface area contributed by atoms with Gasteiger partial charge in [0.15, 0.2) is 0 Å². The van der Waals surface area contributed by atoms with E-state index >= 15 is 0 Å². The molecule has 76 heavy (non-hydrogen) atoms. The summed E-state index contributed by atoms with van der Waals surface area (Å²) >= 11 is 4.23. The molecule has 0 fully saturated rings. The Morgan fingerprint density at radius 1 is 0.579 bits per heavy atom. The molecular weight excluding hydrogens is 1020 g/mol. The molecule has 0 saturated carbocycles. The van der Waals surface area contributed by atoms with Crippen LogP contribution in [0, 0.1) is 11.8 Å². The molecule has 0 radical (unpaired) electrons. The maximum absolute atomic E-state index is 13.8. The van der Waals surface area contributed by atoms with Gasteiger partial charge in [-0.15, -0.1) is 0 Å². The van der Waals surface area contributed by atoms with Crippen LogP contribution in [0.3, 0.4) is 0 Å². The number of carboxylic acids is 3. The molecule has 0 unspecified atom stereocenters. The van der Waals surface area contributed by atoms with Gasteiger partial charge in [-0.25, -0.2) is 4.79 Å². The second-order valence-electron chi connectivity index (χ2n) is 18.7. The van der Waals surface area contributed by atoms with Crippen LogP contribution in [-0.4, -0.2) is 181 Å².